The van der Waals surface area contributed by atoms with Gasteiger partial charge in [0.15, 0.2) is 0 Å². The Labute approximate surface area is 200 Å². The molecule has 2 atom stereocenters. The summed E-state index contributed by atoms with van der Waals surface area (Å²) in [4.78, 5) is 23.7. The molecule has 1 saturated heterocycles. The van der Waals surface area contributed by atoms with Crippen LogP contribution in [0.3, 0.4) is 0 Å². The maximum absolute atomic E-state index is 12.4. The molecule has 5 nitrogen and oxygen atoms in total. The number of hydrogen-bond acceptors (Lipinski definition) is 5. The van der Waals surface area contributed by atoms with Crippen molar-refractivity contribution in [2.45, 2.75) is 37.4 Å². The molecular weight excluding hydrogens is 428 g/mol. The lowest BCUT2D eigenvalue weighted by molar-refractivity contribution is -0.194. The van der Waals surface area contributed by atoms with Crippen LogP contribution in [-0.2, 0) is 29.4 Å². The van der Waals surface area contributed by atoms with Crippen LogP contribution >= 0.6 is 0 Å². The Morgan fingerprint density at radius 2 is 1.32 bits per heavy atom. The molecule has 176 valence electrons. The molecule has 34 heavy (non-hydrogen) atoms. The smallest absolute Gasteiger partial charge is 0.315 e. The highest BCUT2D eigenvalue weighted by Crippen LogP contribution is 2.42. The zero-order valence-corrected chi connectivity index (χ0v) is 19.4. The molecule has 0 bridgehead atoms. The first-order chi connectivity index (χ1) is 16.6. The van der Waals surface area contributed by atoms with Crippen LogP contribution in [0.5, 0.6) is 0 Å². The Morgan fingerprint density at radius 1 is 0.824 bits per heavy atom. The van der Waals surface area contributed by atoms with Crippen molar-refractivity contribution in [3.63, 3.8) is 0 Å². The molecule has 0 spiro atoms. The average Bonchev–Trinajstić information content (AvgIpc) is 2.89. The minimum Gasteiger partial charge on any atom is -0.469 e. The van der Waals surface area contributed by atoms with Crippen molar-refractivity contribution < 1.29 is 23.8 Å². The van der Waals surface area contributed by atoms with Crippen molar-refractivity contribution >= 4 is 11.9 Å². The molecule has 1 heterocycles. The van der Waals surface area contributed by atoms with Gasteiger partial charge in [-0.05, 0) is 36.0 Å². The molecule has 3 aromatic carbocycles. The number of cyclic esters (lactones) is 1. The van der Waals surface area contributed by atoms with Gasteiger partial charge in [0, 0.05) is 6.42 Å². The SMILES string of the molecule is COC(=O)CCCC[C@@H]1OC(=O)[C@H]1COC(c1ccccc1)(c1ccccc1)c1ccccc1. The maximum Gasteiger partial charge on any atom is 0.315 e. The molecule has 5 heteroatoms. The Hall–Kier alpha value is -3.44. The van der Waals surface area contributed by atoms with Crippen molar-refractivity contribution in [2.75, 3.05) is 13.7 Å². The molecular formula is C29H30O5. The van der Waals surface area contributed by atoms with E-state index in [1.165, 1.54) is 7.11 Å². The third-order valence-electron chi connectivity index (χ3n) is 6.39. The largest absolute Gasteiger partial charge is 0.469 e. The summed E-state index contributed by atoms with van der Waals surface area (Å²) in [6.45, 7) is 0.235. The summed E-state index contributed by atoms with van der Waals surface area (Å²) in [5, 5.41) is 0. The van der Waals surface area contributed by atoms with E-state index >= 15 is 0 Å². The Bertz CT molecular complexity index is 969. The fourth-order valence-corrected chi connectivity index (χ4v) is 4.53. The van der Waals surface area contributed by atoms with Gasteiger partial charge in [0.1, 0.15) is 17.6 Å². The van der Waals surface area contributed by atoms with Crippen molar-refractivity contribution in [1.82, 2.24) is 0 Å². The van der Waals surface area contributed by atoms with E-state index in [1.807, 2.05) is 54.6 Å². The number of carbonyl (C=O) groups is 2. The average molecular weight is 459 g/mol. The summed E-state index contributed by atoms with van der Waals surface area (Å²) in [5.41, 5.74) is 2.12. The molecule has 1 aliphatic heterocycles. The highest BCUT2D eigenvalue weighted by molar-refractivity contribution is 5.78. The van der Waals surface area contributed by atoms with Crippen molar-refractivity contribution in [3.05, 3.63) is 108 Å². The number of unbranched alkanes of at least 4 members (excludes halogenated alkanes) is 1. The molecule has 0 aliphatic carbocycles. The van der Waals surface area contributed by atoms with Gasteiger partial charge in [-0.3, -0.25) is 9.59 Å². The first-order valence-corrected chi connectivity index (χ1v) is 11.7. The molecule has 0 N–H and O–H groups in total. The van der Waals surface area contributed by atoms with E-state index in [2.05, 4.69) is 36.4 Å². The van der Waals surface area contributed by atoms with Gasteiger partial charge in [-0.2, -0.15) is 0 Å². The molecule has 0 amide bonds. The second-order valence-electron chi connectivity index (χ2n) is 8.49. The summed E-state index contributed by atoms with van der Waals surface area (Å²) in [7, 11) is 1.39. The van der Waals surface area contributed by atoms with Crippen LogP contribution in [0.2, 0.25) is 0 Å². The van der Waals surface area contributed by atoms with Crippen LogP contribution in [0, 0.1) is 5.92 Å². The fourth-order valence-electron chi connectivity index (χ4n) is 4.53. The van der Waals surface area contributed by atoms with E-state index in [0.29, 0.717) is 19.3 Å². The van der Waals surface area contributed by atoms with E-state index in [0.717, 1.165) is 23.1 Å². The number of ether oxygens (including phenoxy) is 3. The van der Waals surface area contributed by atoms with Crippen LogP contribution < -0.4 is 0 Å². The lowest BCUT2D eigenvalue weighted by atomic mass is 9.79. The quantitative estimate of drug-likeness (QED) is 0.223. The van der Waals surface area contributed by atoms with Crippen LogP contribution in [-0.4, -0.2) is 31.8 Å². The standard InChI is InChI=1S/C29H30O5/c1-32-27(30)20-12-11-19-26-25(28(31)34-26)21-33-29(22-13-5-2-6-14-22,23-15-7-3-8-16-23)24-17-9-4-10-18-24/h2-10,13-18,25-26H,11-12,19-21H2,1H3/t25-,26-/m0/s1. The predicted octanol–water partition coefficient (Wildman–Crippen LogP) is 5.27. The molecule has 0 unspecified atom stereocenters. The fraction of sp³-hybridized carbons (Fsp3) is 0.310. The number of methoxy groups -OCH3 is 1. The summed E-state index contributed by atoms with van der Waals surface area (Å²) in [6.07, 6.45) is 2.36. The number of hydrogen-bond donors (Lipinski definition) is 0. The summed E-state index contributed by atoms with van der Waals surface area (Å²) in [5.74, 6) is -0.793. The van der Waals surface area contributed by atoms with Gasteiger partial charge in [0.2, 0.25) is 0 Å². The highest BCUT2D eigenvalue weighted by Gasteiger charge is 2.45. The second-order valence-corrected chi connectivity index (χ2v) is 8.49. The van der Waals surface area contributed by atoms with Gasteiger partial charge in [0.05, 0.1) is 13.7 Å². The number of rotatable bonds is 11. The van der Waals surface area contributed by atoms with Gasteiger partial charge in [-0.25, -0.2) is 0 Å². The monoisotopic (exact) mass is 458 g/mol. The summed E-state index contributed by atoms with van der Waals surface area (Å²) >= 11 is 0. The Morgan fingerprint density at radius 3 is 1.76 bits per heavy atom. The van der Waals surface area contributed by atoms with Gasteiger partial charge < -0.3 is 14.2 Å². The first-order valence-electron chi connectivity index (χ1n) is 11.7. The number of carbonyl (C=O) groups excluding carboxylic acids is 2. The normalized spacial score (nSPS) is 17.5. The van der Waals surface area contributed by atoms with Gasteiger partial charge in [-0.15, -0.1) is 0 Å². The molecule has 1 fully saturated rings. The molecule has 4 rings (SSSR count). The lowest BCUT2D eigenvalue weighted by Gasteiger charge is -2.40. The van der Waals surface area contributed by atoms with E-state index in [4.69, 9.17) is 14.2 Å². The van der Waals surface area contributed by atoms with Crippen LogP contribution in [0.25, 0.3) is 0 Å². The maximum atomic E-state index is 12.4. The molecule has 0 radical (unpaired) electrons. The minimum atomic E-state index is -0.866. The lowest BCUT2D eigenvalue weighted by Crippen LogP contribution is -2.49. The Kier molecular flexibility index (Phi) is 7.76. The van der Waals surface area contributed by atoms with Gasteiger partial charge in [0.25, 0.3) is 0 Å². The third-order valence-corrected chi connectivity index (χ3v) is 6.39. The zero-order valence-electron chi connectivity index (χ0n) is 19.4. The molecule has 0 aromatic heterocycles. The second kappa shape index (κ2) is 11.1. The predicted molar refractivity (Wildman–Crippen MR) is 129 cm³/mol. The van der Waals surface area contributed by atoms with Crippen LogP contribution in [0.1, 0.15) is 42.4 Å². The first kappa shape index (κ1) is 23.7. The van der Waals surface area contributed by atoms with E-state index in [1.54, 1.807) is 0 Å². The Balaban J connectivity index is 1.58. The highest BCUT2D eigenvalue weighted by atomic mass is 16.6. The molecule has 3 aromatic rings. The van der Waals surface area contributed by atoms with E-state index in [-0.39, 0.29) is 30.6 Å². The van der Waals surface area contributed by atoms with Crippen molar-refractivity contribution in [1.29, 1.82) is 0 Å². The topological polar surface area (TPSA) is 61.8 Å². The van der Waals surface area contributed by atoms with E-state index < -0.39 is 5.60 Å². The zero-order chi connectivity index (χ0) is 23.8. The minimum absolute atomic E-state index is 0.204. The van der Waals surface area contributed by atoms with Gasteiger partial charge >= 0.3 is 11.9 Å². The summed E-state index contributed by atoms with van der Waals surface area (Å²) < 4.78 is 16.9. The molecule has 1 aliphatic rings. The third kappa shape index (κ3) is 5.05. The van der Waals surface area contributed by atoms with Crippen molar-refractivity contribution in [2.24, 2.45) is 5.92 Å². The molecule has 0 saturated carbocycles. The van der Waals surface area contributed by atoms with Crippen LogP contribution in [0.15, 0.2) is 91.0 Å². The van der Waals surface area contributed by atoms with Crippen LogP contribution in [0.4, 0.5) is 0 Å². The summed E-state index contributed by atoms with van der Waals surface area (Å²) in [6, 6.07) is 30.3. The van der Waals surface area contributed by atoms with E-state index in [9.17, 15) is 9.59 Å². The number of esters is 2. The van der Waals surface area contributed by atoms with Gasteiger partial charge in [-0.1, -0.05) is 91.0 Å². The van der Waals surface area contributed by atoms with Crippen molar-refractivity contribution in [3.8, 4) is 0 Å². The number of benzene rings is 3.